The van der Waals surface area contributed by atoms with E-state index in [2.05, 4.69) is 70.9 Å². The minimum absolute atomic E-state index is 0.152. The molecular formula is C15H19BrN2S. The van der Waals surface area contributed by atoms with Crippen LogP contribution in [0.25, 0.3) is 0 Å². The summed E-state index contributed by atoms with van der Waals surface area (Å²) in [7, 11) is 0. The summed E-state index contributed by atoms with van der Waals surface area (Å²) in [6, 6.07) is 11.0. The first kappa shape index (κ1) is 14.7. The largest absolute Gasteiger partial charge is 0.271 e. The van der Waals surface area contributed by atoms with E-state index in [9.17, 15) is 0 Å². The molecule has 1 atom stereocenters. The second kappa shape index (κ2) is 6.66. The van der Waals surface area contributed by atoms with Gasteiger partial charge in [-0.15, -0.1) is 11.3 Å². The quantitative estimate of drug-likeness (QED) is 0.627. The van der Waals surface area contributed by atoms with Gasteiger partial charge in [0.25, 0.3) is 0 Å². The van der Waals surface area contributed by atoms with E-state index in [4.69, 9.17) is 5.84 Å². The van der Waals surface area contributed by atoms with E-state index in [0.29, 0.717) is 5.92 Å². The Balaban J connectivity index is 2.13. The van der Waals surface area contributed by atoms with Crippen molar-refractivity contribution < 1.29 is 0 Å². The second-order valence-electron chi connectivity index (χ2n) is 4.95. The molecular weight excluding hydrogens is 320 g/mol. The van der Waals surface area contributed by atoms with Crippen molar-refractivity contribution in [1.82, 2.24) is 5.43 Å². The van der Waals surface area contributed by atoms with Crippen LogP contribution >= 0.6 is 27.3 Å². The van der Waals surface area contributed by atoms with Gasteiger partial charge in [0.15, 0.2) is 0 Å². The van der Waals surface area contributed by atoms with E-state index >= 15 is 0 Å². The Morgan fingerprint density at radius 3 is 2.37 bits per heavy atom. The molecule has 102 valence electrons. The Morgan fingerprint density at radius 1 is 1.21 bits per heavy atom. The van der Waals surface area contributed by atoms with Crippen LogP contribution in [0.2, 0.25) is 0 Å². The normalized spacial score (nSPS) is 12.9. The standard InChI is InChI=1S/C15H19BrN2S/c1-10(2)12-5-3-11(4-6-12)9-14(18-17)15-13(16)7-8-19-15/h3-8,10,14,18H,9,17H2,1-2H3. The Hall–Kier alpha value is -0.680. The average Bonchev–Trinajstić information content (AvgIpc) is 2.83. The maximum atomic E-state index is 5.69. The summed E-state index contributed by atoms with van der Waals surface area (Å²) in [5.41, 5.74) is 5.58. The number of rotatable bonds is 5. The summed E-state index contributed by atoms with van der Waals surface area (Å²) in [6.45, 7) is 4.42. The van der Waals surface area contributed by atoms with Crippen LogP contribution in [0.5, 0.6) is 0 Å². The highest BCUT2D eigenvalue weighted by Gasteiger charge is 2.15. The molecule has 0 spiro atoms. The van der Waals surface area contributed by atoms with Crippen molar-refractivity contribution in [3.8, 4) is 0 Å². The Labute approximate surface area is 127 Å². The SMILES string of the molecule is CC(C)c1ccc(CC(NN)c2sccc2Br)cc1. The molecule has 0 radical (unpaired) electrons. The Kier molecular flexibility index (Phi) is 5.16. The zero-order chi connectivity index (χ0) is 13.8. The Morgan fingerprint density at radius 2 is 1.89 bits per heavy atom. The van der Waals surface area contributed by atoms with Crippen molar-refractivity contribution >= 4 is 27.3 Å². The molecule has 0 fully saturated rings. The number of thiophene rings is 1. The fourth-order valence-electron chi connectivity index (χ4n) is 2.06. The van der Waals surface area contributed by atoms with Crippen molar-refractivity contribution in [3.63, 3.8) is 0 Å². The maximum Gasteiger partial charge on any atom is 0.0604 e. The zero-order valence-electron chi connectivity index (χ0n) is 11.2. The van der Waals surface area contributed by atoms with E-state index in [-0.39, 0.29) is 6.04 Å². The van der Waals surface area contributed by atoms with Gasteiger partial charge in [0, 0.05) is 9.35 Å². The minimum atomic E-state index is 0.152. The monoisotopic (exact) mass is 338 g/mol. The van der Waals surface area contributed by atoms with E-state index in [0.717, 1.165) is 10.9 Å². The lowest BCUT2D eigenvalue weighted by Crippen LogP contribution is -2.29. The van der Waals surface area contributed by atoms with Crippen molar-refractivity contribution in [3.05, 3.63) is 56.2 Å². The fraction of sp³-hybridized carbons (Fsp3) is 0.333. The van der Waals surface area contributed by atoms with Crippen LogP contribution in [0.15, 0.2) is 40.2 Å². The molecule has 0 aliphatic heterocycles. The van der Waals surface area contributed by atoms with Gasteiger partial charge in [-0.2, -0.15) is 0 Å². The molecule has 0 saturated carbocycles. The van der Waals surface area contributed by atoms with Crippen molar-refractivity contribution in [1.29, 1.82) is 0 Å². The Bertz CT molecular complexity index is 519. The molecule has 1 heterocycles. The molecule has 1 aromatic carbocycles. The van der Waals surface area contributed by atoms with Gasteiger partial charge >= 0.3 is 0 Å². The van der Waals surface area contributed by atoms with Crippen LogP contribution in [0, 0.1) is 0 Å². The molecule has 0 saturated heterocycles. The van der Waals surface area contributed by atoms with Gasteiger partial charge in [0.1, 0.15) is 0 Å². The summed E-state index contributed by atoms with van der Waals surface area (Å²) in [5.74, 6) is 6.27. The molecule has 0 aliphatic carbocycles. The average molecular weight is 339 g/mol. The van der Waals surface area contributed by atoms with Crippen LogP contribution in [0.1, 0.15) is 41.8 Å². The van der Waals surface area contributed by atoms with E-state index in [1.54, 1.807) is 11.3 Å². The molecule has 2 aromatic rings. The third-order valence-corrected chi connectivity index (χ3v) is 5.23. The number of hydrazine groups is 1. The highest BCUT2D eigenvalue weighted by molar-refractivity contribution is 9.10. The molecule has 19 heavy (non-hydrogen) atoms. The highest BCUT2D eigenvalue weighted by Crippen LogP contribution is 2.30. The van der Waals surface area contributed by atoms with Gasteiger partial charge in [-0.3, -0.25) is 11.3 Å². The summed E-state index contributed by atoms with van der Waals surface area (Å²) in [4.78, 5) is 1.25. The third kappa shape index (κ3) is 3.66. The van der Waals surface area contributed by atoms with Crippen LogP contribution in [0.3, 0.4) is 0 Å². The van der Waals surface area contributed by atoms with Gasteiger partial charge in [0.05, 0.1) is 6.04 Å². The highest BCUT2D eigenvalue weighted by atomic mass is 79.9. The number of nitrogens with one attached hydrogen (secondary N) is 1. The van der Waals surface area contributed by atoms with E-state index in [1.807, 2.05) is 0 Å². The number of benzene rings is 1. The van der Waals surface area contributed by atoms with Crippen LogP contribution in [0.4, 0.5) is 0 Å². The molecule has 2 rings (SSSR count). The van der Waals surface area contributed by atoms with Gasteiger partial charge < -0.3 is 0 Å². The molecule has 2 nitrogen and oxygen atoms in total. The van der Waals surface area contributed by atoms with Gasteiger partial charge in [-0.1, -0.05) is 38.1 Å². The predicted molar refractivity (Wildman–Crippen MR) is 86.3 cm³/mol. The first-order chi connectivity index (χ1) is 9.11. The van der Waals surface area contributed by atoms with Crippen molar-refractivity contribution in [2.75, 3.05) is 0 Å². The van der Waals surface area contributed by atoms with Crippen molar-refractivity contribution in [2.24, 2.45) is 5.84 Å². The molecule has 0 amide bonds. The summed E-state index contributed by atoms with van der Waals surface area (Å²) < 4.78 is 1.12. The van der Waals surface area contributed by atoms with Crippen LogP contribution < -0.4 is 11.3 Å². The number of nitrogens with two attached hydrogens (primary N) is 1. The van der Waals surface area contributed by atoms with E-state index < -0.39 is 0 Å². The third-order valence-electron chi connectivity index (χ3n) is 3.25. The van der Waals surface area contributed by atoms with Crippen LogP contribution in [-0.2, 0) is 6.42 Å². The van der Waals surface area contributed by atoms with Gasteiger partial charge in [-0.25, -0.2) is 0 Å². The second-order valence-corrected chi connectivity index (χ2v) is 6.75. The van der Waals surface area contributed by atoms with Crippen LogP contribution in [-0.4, -0.2) is 0 Å². The minimum Gasteiger partial charge on any atom is -0.271 e. The smallest absolute Gasteiger partial charge is 0.0604 e. The summed E-state index contributed by atoms with van der Waals surface area (Å²) in [6.07, 6.45) is 0.897. The summed E-state index contributed by atoms with van der Waals surface area (Å²) >= 11 is 5.29. The zero-order valence-corrected chi connectivity index (χ0v) is 13.6. The van der Waals surface area contributed by atoms with Crippen molar-refractivity contribution in [2.45, 2.75) is 32.2 Å². The van der Waals surface area contributed by atoms with E-state index in [1.165, 1.54) is 16.0 Å². The number of hydrogen-bond acceptors (Lipinski definition) is 3. The molecule has 0 aliphatic rings. The molecule has 4 heteroatoms. The number of halogens is 1. The fourth-order valence-corrected chi connectivity index (χ4v) is 3.77. The number of hydrogen-bond donors (Lipinski definition) is 2. The molecule has 1 aromatic heterocycles. The topological polar surface area (TPSA) is 38.0 Å². The lowest BCUT2D eigenvalue weighted by atomic mass is 9.99. The predicted octanol–water partition coefficient (Wildman–Crippen LogP) is 4.38. The first-order valence-electron chi connectivity index (χ1n) is 6.39. The lowest BCUT2D eigenvalue weighted by Gasteiger charge is -2.16. The van der Waals surface area contributed by atoms with Gasteiger partial charge in [-0.05, 0) is 50.8 Å². The molecule has 3 N–H and O–H groups in total. The first-order valence-corrected chi connectivity index (χ1v) is 8.07. The van der Waals surface area contributed by atoms with Gasteiger partial charge in [0.2, 0.25) is 0 Å². The summed E-state index contributed by atoms with van der Waals surface area (Å²) in [5, 5.41) is 2.08. The maximum absolute atomic E-state index is 5.69. The molecule has 1 unspecified atom stereocenters. The lowest BCUT2D eigenvalue weighted by molar-refractivity contribution is 0.559. The molecule has 0 bridgehead atoms.